The van der Waals surface area contributed by atoms with E-state index in [1.54, 1.807) is 12.1 Å². The Balaban J connectivity index is 1.18. The molecule has 3 saturated heterocycles. The van der Waals surface area contributed by atoms with E-state index in [0.717, 1.165) is 49.7 Å². The van der Waals surface area contributed by atoms with Crippen LogP contribution >= 0.6 is 0 Å². The van der Waals surface area contributed by atoms with E-state index in [0.29, 0.717) is 19.5 Å². The molecule has 186 valence electrons. The molecule has 2 atom stereocenters. The third-order valence-electron chi connectivity index (χ3n) is 7.38. The van der Waals surface area contributed by atoms with E-state index in [9.17, 15) is 24.0 Å². The van der Waals surface area contributed by atoms with Crippen molar-refractivity contribution >= 4 is 35.2 Å². The second kappa shape index (κ2) is 9.38. The van der Waals surface area contributed by atoms with Crippen LogP contribution in [0.1, 0.15) is 46.4 Å². The molecule has 35 heavy (non-hydrogen) atoms. The van der Waals surface area contributed by atoms with E-state index in [4.69, 9.17) is 5.73 Å². The molecular formula is C24H30N6O5. The maximum Gasteiger partial charge on any atom is 0.262 e. The van der Waals surface area contributed by atoms with Gasteiger partial charge in [-0.2, -0.15) is 0 Å². The Hall–Kier alpha value is -3.31. The molecule has 4 aliphatic rings. The Morgan fingerprint density at radius 2 is 1.71 bits per heavy atom. The molecule has 0 bridgehead atoms. The summed E-state index contributed by atoms with van der Waals surface area (Å²) in [7, 11) is 0. The van der Waals surface area contributed by atoms with Crippen LogP contribution < -0.4 is 16.0 Å². The number of fused-ring (bicyclic) bond motifs is 1. The number of piperidine rings is 1. The minimum atomic E-state index is -0.967. The van der Waals surface area contributed by atoms with Crippen molar-refractivity contribution in [3.05, 3.63) is 29.3 Å². The summed E-state index contributed by atoms with van der Waals surface area (Å²) in [6.07, 6.45) is 1.58. The fraction of sp³-hybridized carbons (Fsp3) is 0.542. The van der Waals surface area contributed by atoms with Crippen molar-refractivity contribution in [1.29, 1.82) is 0 Å². The Morgan fingerprint density at radius 1 is 0.971 bits per heavy atom. The van der Waals surface area contributed by atoms with Gasteiger partial charge in [0.1, 0.15) is 6.04 Å². The van der Waals surface area contributed by atoms with E-state index in [1.165, 1.54) is 0 Å². The SMILES string of the molecule is N[C@@H]1CCN(C(=O)CCN2CCN(c3ccc4c(c3)C(=O)N(C3CCC(=O)NC3=O)C4=O)CC2)C1. The lowest BCUT2D eigenvalue weighted by Crippen LogP contribution is -2.54. The summed E-state index contributed by atoms with van der Waals surface area (Å²) in [6.45, 7) is 5.15. The molecule has 1 unspecified atom stereocenters. The number of nitrogens with one attached hydrogen (secondary N) is 1. The van der Waals surface area contributed by atoms with Crippen molar-refractivity contribution in [2.75, 3.05) is 50.7 Å². The Labute approximate surface area is 203 Å². The van der Waals surface area contributed by atoms with Crippen LogP contribution in [0, 0.1) is 0 Å². The molecular weight excluding hydrogens is 452 g/mol. The largest absolute Gasteiger partial charge is 0.369 e. The Kier molecular flexibility index (Phi) is 6.28. The zero-order chi connectivity index (χ0) is 24.7. The normalized spacial score (nSPS) is 25.3. The molecule has 0 aromatic heterocycles. The van der Waals surface area contributed by atoms with E-state index in [1.807, 2.05) is 11.0 Å². The summed E-state index contributed by atoms with van der Waals surface area (Å²) in [5.41, 5.74) is 7.31. The molecule has 0 saturated carbocycles. The lowest BCUT2D eigenvalue weighted by molar-refractivity contribution is -0.136. The second-order valence-corrected chi connectivity index (χ2v) is 9.64. The van der Waals surface area contributed by atoms with Crippen LogP contribution in [0.25, 0.3) is 0 Å². The van der Waals surface area contributed by atoms with Gasteiger partial charge in [-0.3, -0.25) is 39.1 Å². The van der Waals surface area contributed by atoms with Crippen LogP contribution in [-0.4, -0.2) is 102 Å². The number of carbonyl (C=O) groups is 5. The van der Waals surface area contributed by atoms with Gasteiger partial charge in [-0.1, -0.05) is 0 Å². The van der Waals surface area contributed by atoms with Gasteiger partial charge in [0, 0.05) is 70.4 Å². The fourth-order valence-electron chi connectivity index (χ4n) is 5.31. The first kappa shape index (κ1) is 23.4. The van der Waals surface area contributed by atoms with Gasteiger partial charge in [-0.25, -0.2) is 0 Å². The quantitative estimate of drug-likeness (QED) is 0.519. The molecule has 0 spiro atoms. The minimum absolute atomic E-state index is 0.0908. The summed E-state index contributed by atoms with van der Waals surface area (Å²) in [5.74, 6) is -1.85. The highest BCUT2D eigenvalue weighted by atomic mass is 16.2. The monoisotopic (exact) mass is 482 g/mol. The van der Waals surface area contributed by atoms with Crippen LogP contribution in [0.3, 0.4) is 0 Å². The Bertz CT molecular complexity index is 1080. The average Bonchev–Trinajstić information content (AvgIpc) is 3.39. The van der Waals surface area contributed by atoms with E-state index in [2.05, 4.69) is 15.1 Å². The zero-order valence-electron chi connectivity index (χ0n) is 19.6. The fourth-order valence-corrected chi connectivity index (χ4v) is 5.31. The summed E-state index contributed by atoms with van der Waals surface area (Å²) < 4.78 is 0. The number of likely N-dealkylation sites (tertiary alicyclic amines) is 1. The number of carbonyl (C=O) groups excluding carboxylic acids is 5. The highest BCUT2D eigenvalue weighted by Crippen LogP contribution is 2.31. The van der Waals surface area contributed by atoms with E-state index >= 15 is 0 Å². The number of rotatable bonds is 5. The molecule has 0 radical (unpaired) electrons. The molecule has 3 N–H and O–H groups in total. The van der Waals surface area contributed by atoms with Gasteiger partial charge in [0.2, 0.25) is 17.7 Å². The number of anilines is 1. The summed E-state index contributed by atoms with van der Waals surface area (Å²) in [6, 6.07) is 4.31. The van der Waals surface area contributed by atoms with Gasteiger partial charge in [0.15, 0.2) is 0 Å². The van der Waals surface area contributed by atoms with Crippen molar-refractivity contribution in [2.45, 2.75) is 37.8 Å². The summed E-state index contributed by atoms with van der Waals surface area (Å²) >= 11 is 0. The molecule has 1 aromatic rings. The predicted octanol–water partition coefficient (Wildman–Crippen LogP) is -0.840. The molecule has 4 heterocycles. The number of imide groups is 2. The first-order valence-electron chi connectivity index (χ1n) is 12.2. The lowest BCUT2D eigenvalue weighted by atomic mass is 10.0. The topological polar surface area (TPSA) is 136 Å². The molecule has 0 aliphatic carbocycles. The van der Waals surface area contributed by atoms with Crippen LogP contribution in [-0.2, 0) is 14.4 Å². The number of benzene rings is 1. The van der Waals surface area contributed by atoms with Crippen molar-refractivity contribution in [2.24, 2.45) is 5.73 Å². The zero-order valence-corrected chi connectivity index (χ0v) is 19.6. The first-order valence-corrected chi connectivity index (χ1v) is 12.2. The van der Waals surface area contributed by atoms with Crippen molar-refractivity contribution < 1.29 is 24.0 Å². The molecule has 3 fully saturated rings. The van der Waals surface area contributed by atoms with Gasteiger partial charge in [-0.05, 0) is 31.0 Å². The number of amides is 5. The minimum Gasteiger partial charge on any atom is -0.369 e. The van der Waals surface area contributed by atoms with Crippen LogP contribution in [0.5, 0.6) is 0 Å². The highest BCUT2D eigenvalue weighted by Gasteiger charge is 2.44. The first-order chi connectivity index (χ1) is 16.8. The van der Waals surface area contributed by atoms with Crippen LogP contribution in [0.4, 0.5) is 5.69 Å². The van der Waals surface area contributed by atoms with E-state index in [-0.39, 0.29) is 35.9 Å². The summed E-state index contributed by atoms with van der Waals surface area (Å²) in [4.78, 5) is 69.3. The van der Waals surface area contributed by atoms with Gasteiger partial charge in [0.25, 0.3) is 11.8 Å². The molecule has 1 aromatic carbocycles. The smallest absolute Gasteiger partial charge is 0.262 e. The number of hydrogen-bond donors (Lipinski definition) is 2. The third kappa shape index (κ3) is 4.53. The molecule has 5 rings (SSSR count). The molecule has 11 nitrogen and oxygen atoms in total. The Morgan fingerprint density at radius 3 is 2.40 bits per heavy atom. The van der Waals surface area contributed by atoms with Crippen LogP contribution in [0.2, 0.25) is 0 Å². The highest BCUT2D eigenvalue weighted by molar-refractivity contribution is 6.23. The van der Waals surface area contributed by atoms with Gasteiger partial charge >= 0.3 is 0 Å². The number of nitrogens with two attached hydrogens (primary N) is 1. The maximum atomic E-state index is 13.1. The van der Waals surface area contributed by atoms with Crippen molar-refractivity contribution in [1.82, 2.24) is 20.0 Å². The standard InChI is InChI=1S/C24H30N6O5/c25-15-5-8-29(14-15)21(32)6-7-27-9-11-28(12-10-27)16-1-2-17-18(13-16)24(35)30(23(17)34)19-3-4-20(31)26-22(19)33/h1-2,13,15,19H,3-12,14,25H2,(H,26,31,33)/t15-,19?/m1/s1. The van der Waals surface area contributed by atoms with Crippen molar-refractivity contribution in [3.8, 4) is 0 Å². The molecule has 4 aliphatic heterocycles. The summed E-state index contributed by atoms with van der Waals surface area (Å²) in [5, 5.41) is 2.21. The van der Waals surface area contributed by atoms with Gasteiger partial charge < -0.3 is 15.5 Å². The molecule has 5 amide bonds. The third-order valence-corrected chi connectivity index (χ3v) is 7.38. The van der Waals surface area contributed by atoms with Crippen molar-refractivity contribution in [3.63, 3.8) is 0 Å². The van der Waals surface area contributed by atoms with Gasteiger partial charge in [-0.15, -0.1) is 0 Å². The maximum absolute atomic E-state index is 13.1. The number of piperazine rings is 1. The van der Waals surface area contributed by atoms with Crippen LogP contribution in [0.15, 0.2) is 18.2 Å². The average molecular weight is 483 g/mol. The number of nitrogens with zero attached hydrogens (tertiary/aromatic N) is 4. The second-order valence-electron chi connectivity index (χ2n) is 9.64. The predicted molar refractivity (Wildman–Crippen MR) is 126 cm³/mol. The lowest BCUT2D eigenvalue weighted by Gasteiger charge is -2.36. The molecule has 11 heteroatoms. The number of hydrogen-bond acceptors (Lipinski definition) is 8. The van der Waals surface area contributed by atoms with E-state index < -0.39 is 29.7 Å². The van der Waals surface area contributed by atoms with Gasteiger partial charge in [0.05, 0.1) is 11.1 Å².